The smallest absolute Gasteiger partial charge is 0.276 e. The normalized spacial score (nSPS) is 10.5. The Labute approximate surface area is 144 Å². The van der Waals surface area contributed by atoms with Crippen molar-refractivity contribution >= 4 is 23.2 Å². The Morgan fingerprint density at radius 2 is 1.96 bits per heavy atom. The summed E-state index contributed by atoms with van der Waals surface area (Å²) in [5.74, 6) is 0.186. The number of nitrogens with zero attached hydrogens (tertiary/aromatic N) is 2. The van der Waals surface area contributed by atoms with Crippen LogP contribution in [0.25, 0.3) is 5.69 Å². The number of benzene rings is 2. The van der Waals surface area contributed by atoms with Crippen LogP contribution in [0, 0.1) is 6.92 Å². The van der Waals surface area contributed by atoms with Gasteiger partial charge < -0.3 is 10.1 Å². The van der Waals surface area contributed by atoms with Gasteiger partial charge in [0.05, 0.1) is 18.5 Å². The third-order valence-corrected chi connectivity index (χ3v) is 3.98. The molecule has 3 aromatic rings. The molecule has 0 aliphatic rings. The molecular formula is C18H16ClN3O2. The molecule has 1 heterocycles. The van der Waals surface area contributed by atoms with Gasteiger partial charge in [0.1, 0.15) is 5.75 Å². The average molecular weight is 342 g/mol. The van der Waals surface area contributed by atoms with Gasteiger partial charge in [-0.15, -0.1) is 0 Å². The molecule has 2 aromatic carbocycles. The van der Waals surface area contributed by atoms with Gasteiger partial charge in [0.25, 0.3) is 5.91 Å². The lowest BCUT2D eigenvalue weighted by Crippen LogP contribution is -2.14. The maximum absolute atomic E-state index is 12.4. The van der Waals surface area contributed by atoms with E-state index in [4.69, 9.17) is 16.3 Å². The fourth-order valence-electron chi connectivity index (χ4n) is 2.29. The highest BCUT2D eigenvalue weighted by Gasteiger charge is 2.14. The summed E-state index contributed by atoms with van der Waals surface area (Å²) in [5.41, 5.74) is 2.60. The molecule has 0 fully saturated rings. The van der Waals surface area contributed by atoms with Crippen molar-refractivity contribution in [2.24, 2.45) is 0 Å². The summed E-state index contributed by atoms with van der Waals surface area (Å²) in [6, 6.07) is 14.7. The number of methoxy groups -OCH3 is 1. The zero-order valence-corrected chi connectivity index (χ0v) is 14.0. The summed E-state index contributed by atoms with van der Waals surface area (Å²) in [5, 5.41) is 7.70. The molecule has 1 amide bonds. The van der Waals surface area contributed by atoms with E-state index in [9.17, 15) is 4.79 Å². The quantitative estimate of drug-likeness (QED) is 0.777. The molecule has 0 atom stereocenters. The van der Waals surface area contributed by atoms with Crippen LogP contribution in [0.1, 0.15) is 16.1 Å². The number of para-hydroxylation sites is 1. The van der Waals surface area contributed by atoms with Gasteiger partial charge in [-0.05, 0) is 36.8 Å². The Morgan fingerprint density at radius 3 is 2.67 bits per heavy atom. The summed E-state index contributed by atoms with van der Waals surface area (Å²) in [6.45, 7) is 1.86. The number of carbonyl (C=O) groups is 1. The number of nitrogens with one attached hydrogen (secondary N) is 1. The fourth-order valence-corrected chi connectivity index (χ4v) is 2.44. The molecule has 0 saturated carbocycles. The third kappa shape index (κ3) is 3.26. The van der Waals surface area contributed by atoms with Gasteiger partial charge in [0.15, 0.2) is 5.69 Å². The second kappa shape index (κ2) is 6.76. The van der Waals surface area contributed by atoms with Crippen LogP contribution in [0.2, 0.25) is 5.02 Å². The maximum Gasteiger partial charge on any atom is 0.276 e. The van der Waals surface area contributed by atoms with E-state index in [-0.39, 0.29) is 5.91 Å². The molecule has 1 aromatic heterocycles. The standard InChI is InChI=1S/C18H16ClN3O2/c1-12-10-16(17(24-2)11-14(12)19)20-18(23)15-8-9-22(21-15)13-6-4-3-5-7-13/h3-11H,1-2H3,(H,20,23). The van der Waals surface area contributed by atoms with Gasteiger partial charge in [0, 0.05) is 17.3 Å². The second-order valence-electron chi connectivity index (χ2n) is 5.24. The van der Waals surface area contributed by atoms with E-state index < -0.39 is 0 Å². The molecule has 0 saturated heterocycles. The predicted octanol–water partition coefficient (Wildman–Crippen LogP) is 4.10. The Bertz CT molecular complexity index is 875. The highest BCUT2D eigenvalue weighted by Crippen LogP contribution is 2.31. The van der Waals surface area contributed by atoms with E-state index in [1.54, 1.807) is 29.1 Å². The minimum absolute atomic E-state index is 0.313. The van der Waals surface area contributed by atoms with Crippen molar-refractivity contribution in [3.63, 3.8) is 0 Å². The van der Waals surface area contributed by atoms with Crippen molar-refractivity contribution in [1.29, 1.82) is 0 Å². The van der Waals surface area contributed by atoms with E-state index in [1.165, 1.54) is 7.11 Å². The fraction of sp³-hybridized carbons (Fsp3) is 0.111. The van der Waals surface area contributed by atoms with E-state index in [2.05, 4.69) is 10.4 Å². The minimum Gasteiger partial charge on any atom is -0.495 e. The largest absolute Gasteiger partial charge is 0.495 e. The Hall–Kier alpha value is -2.79. The molecule has 3 rings (SSSR count). The number of carbonyl (C=O) groups excluding carboxylic acids is 1. The van der Waals surface area contributed by atoms with Gasteiger partial charge in [-0.1, -0.05) is 29.8 Å². The molecule has 0 radical (unpaired) electrons. The van der Waals surface area contributed by atoms with E-state index in [0.29, 0.717) is 22.2 Å². The number of hydrogen-bond acceptors (Lipinski definition) is 3. The van der Waals surface area contributed by atoms with Gasteiger partial charge >= 0.3 is 0 Å². The first kappa shape index (κ1) is 16.1. The lowest BCUT2D eigenvalue weighted by atomic mass is 10.2. The summed E-state index contributed by atoms with van der Waals surface area (Å²) >= 11 is 6.08. The topological polar surface area (TPSA) is 56.1 Å². The van der Waals surface area contributed by atoms with E-state index in [1.807, 2.05) is 37.3 Å². The van der Waals surface area contributed by atoms with Crippen molar-refractivity contribution in [3.8, 4) is 11.4 Å². The molecule has 24 heavy (non-hydrogen) atoms. The third-order valence-electron chi connectivity index (χ3n) is 3.57. The minimum atomic E-state index is -0.315. The van der Waals surface area contributed by atoms with Crippen LogP contribution in [-0.2, 0) is 0 Å². The van der Waals surface area contributed by atoms with Crippen LogP contribution < -0.4 is 10.1 Å². The highest BCUT2D eigenvalue weighted by atomic mass is 35.5. The molecular weight excluding hydrogens is 326 g/mol. The summed E-state index contributed by atoms with van der Waals surface area (Å²) < 4.78 is 6.92. The number of amides is 1. The number of rotatable bonds is 4. The zero-order valence-electron chi connectivity index (χ0n) is 13.3. The molecule has 1 N–H and O–H groups in total. The molecule has 0 aliphatic heterocycles. The first-order valence-corrected chi connectivity index (χ1v) is 7.73. The zero-order chi connectivity index (χ0) is 17.1. The summed E-state index contributed by atoms with van der Waals surface area (Å²) in [7, 11) is 1.53. The van der Waals surface area contributed by atoms with Gasteiger partial charge in [-0.25, -0.2) is 4.68 Å². The highest BCUT2D eigenvalue weighted by molar-refractivity contribution is 6.31. The van der Waals surface area contributed by atoms with Crippen molar-refractivity contribution in [2.75, 3.05) is 12.4 Å². The number of aryl methyl sites for hydroxylation is 1. The van der Waals surface area contributed by atoms with Crippen LogP contribution in [-0.4, -0.2) is 22.8 Å². The van der Waals surface area contributed by atoms with Crippen molar-refractivity contribution in [1.82, 2.24) is 9.78 Å². The van der Waals surface area contributed by atoms with Gasteiger partial charge in [-0.3, -0.25) is 4.79 Å². The summed E-state index contributed by atoms with van der Waals surface area (Å²) in [4.78, 5) is 12.4. The van der Waals surface area contributed by atoms with E-state index >= 15 is 0 Å². The lowest BCUT2D eigenvalue weighted by Gasteiger charge is -2.11. The second-order valence-corrected chi connectivity index (χ2v) is 5.64. The lowest BCUT2D eigenvalue weighted by molar-refractivity contribution is 0.102. The molecule has 5 nitrogen and oxygen atoms in total. The number of hydrogen-bond donors (Lipinski definition) is 1. The maximum atomic E-state index is 12.4. The SMILES string of the molecule is COc1cc(Cl)c(C)cc1NC(=O)c1ccn(-c2ccccc2)n1. The molecule has 0 unspecified atom stereocenters. The Kier molecular flexibility index (Phi) is 4.53. The molecule has 0 spiro atoms. The molecule has 6 heteroatoms. The number of ether oxygens (including phenoxy) is 1. The van der Waals surface area contributed by atoms with Crippen LogP contribution in [0.3, 0.4) is 0 Å². The van der Waals surface area contributed by atoms with E-state index in [0.717, 1.165) is 11.3 Å². The van der Waals surface area contributed by atoms with Crippen molar-refractivity contribution in [2.45, 2.75) is 6.92 Å². The average Bonchev–Trinajstić information content (AvgIpc) is 3.09. The number of anilines is 1. The monoisotopic (exact) mass is 341 g/mol. The van der Waals surface area contributed by atoms with Crippen molar-refractivity contribution in [3.05, 3.63) is 71.0 Å². The van der Waals surface area contributed by atoms with Crippen LogP contribution in [0.5, 0.6) is 5.75 Å². The number of aromatic nitrogens is 2. The predicted molar refractivity (Wildman–Crippen MR) is 94.3 cm³/mol. The van der Waals surface area contributed by atoms with Gasteiger partial charge in [-0.2, -0.15) is 5.10 Å². The van der Waals surface area contributed by atoms with Crippen LogP contribution >= 0.6 is 11.6 Å². The molecule has 0 aliphatic carbocycles. The Balaban J connectivity index is 1.84. The number of halogens is 1. The first-order chi connectivity index (χ1) is 11.6. The van der Waals surface area contributed by atoms with Crippen LogP contribution in [0.15, 0.2) is 54.7 Å². The van der Waals surface area contributed by atoms with Crippen molar-refractivity contribution < 1.29 is 9.53 Å². The molecule has 0 bridgehead atoms. The van der Waals surface area contributed by atoms with Gasteiger partial charge in [0.2, 0.25) is 0 Å². The van der Waals surface area contributed by atoms with Crippen LogP contribution in [0.4, 0.5) is 5.69 Å². The molecule has 122 valence electrons. The Morgan fingerprint density at radius 1 is 1.21 bits per heavy atom. The first-order valence-electron chi connectivity index (χ1n) is 7.35. The summed E-state index contributed by atoms with van der Waals surface area (Å²) in [6.07, 6.45) is 1.74.